The van der Waals surface area contributed by atoms with Gasteiger partial charge in [-0.15, -0.1) is 10.2 Å². The van der Waals surface area contributed by atoms with E-state index in [1.54, 1.807) is 0 Å². The monoisotopic (exact) mass is 236 g/mol. The van der Waals surface area contributed by atoms with E-state index in [-0.39, 0.29) is 0 Å². The highest BCUT2D eigenvalue weighted by atomic mass is 15.5. The number of hydrogen-bond acceptors (Lipinski definition) is 4. The van der Waals surface area contributed by atoms with E-state index in [0.29, 0.717) is 0 Å². The van der Waals surface area contributed by atoms with Crippen molar-refractivity contribution in [3.05, 3.63) is 71.8 Å². The zero-order chi connectivity index (χ0) is 12.2. The summed E-state index contributed by atoms with van der Waals surface area (Å²) in [6, 6.07) is 19.7. The van der Waals surface area contributed by atoms with Gasteiger partial charge in [-0.25, -0.2) is 0 Å². The number of amidine groups is 2. The van der Waals surface area contributed by atoms with Crippen LogP contribution < -0.4 is 10.9 Å². The smallest absolute Gasteiger partial charge is 0.174 e. The third-order valence-corrected chi connectivity index (χ3v) is 2.64. The van der Waals surface area contributed by atoms with E-state index < -0.39 is 0 Å². The summed E-state index contributed by atoms with van der Waals surface area (Å²) in [7, 11) is 0. The Morgan fingerprint density at radius 2 is 0.944 bits per heavy atom. The summed E-state index contributed by atoms with van der Waals surface area (Å²) >= 11 is 0. The maximum atomic E-state index is 4.19. The van der Waals surface area contributed by atoms with Crippen LogP contribution >= 0.6 is 0 Å². The van der Waals surface area contributed by atoms with Gasteiger partial charge >= 0.3 is 0 Å². The van der Waals surface area contributed by atoms with Gasteiger partial charge in [0.2, 0.25) is 0 Å². The maximum Gasteiger partial charge on any atom is 0.174 e. The minimum absolute atomic E-state index is 0.718. The Morgan fingerprint density at radius 3 is 1.28 bits per heavy atom. The standard InChI is InChI=1S/C14H12N4/c1-3-7-11(8-4-1)13-15-17-14(18-16-13)12-9-5-2-6-10-12/h1-10H,(H,15,16)(H,17,18). The van der Waals surface area contributed by atoms with Crippen molar-refractivity contribution in [2.24, 2.45) is 10.2 Å². The molecule has 0 bridgehead atoms. The van der Waals surface area contributed by atoms with Crippen LogP contribution in [0.4, 0.5) is 0 Å². The third-order valence-electron chi connectivity index (χ3n) is 2.64. The largest absolute Gasteiger partial charge is 0.281 e. The number of hydrogen-bond donors (Lipinski definition) is 2. The van der Waals surface area contributed by atoms with Gasteiger partial charge < -0.3 is 0 Å². The molecule has 1 heterocycles. The molecule has 4 nitrogen and oxygen atoms in total. The summed E-state index contributed by atoms with van der Waals surface area (Å²) in [5.74, 6) is 1.44. The molecule has 2 aromatic rings. The van der Waals surface area contributed by atoms with Gasteiger partial charge in [-0.05, 0) is 0 Å². The quantitative estimate of drug-likeness (QED) is 0.836. The van der Waals surface area contributed by atoms with E-state index in [2.05, 4.69) is 21.1 Å². The van der Waals surface area contributed by atoms with Crippen molar-refractivity contribution in [3.63, 3.8) is 0 Å². The fourth-order valence-electron chi connectivity index (χ4n) is 1.72. The number of benzene rings is 2. The van der Waals surface area contributed by atoms with E-state index in [1.165, 1.54) is 0 Å². The minimum atomic E-state index is 0.718. The summed E-state index contributed by atoms with van der Waals surface area (Å²) in [6.07, 6.45) is 0. The van der Waals surface area contributed by atoms with Gasteiger partial charge in [0.15, 0.2) is 11.7 Å². The predicted octanol–water partition coefficient (Wildman–Crippen LogP) is 1.90. The lowest BCUT2D eigenvalue weighted by atomic mass is 10.2. The van der Waals surface area contributed by atoms with E-state index in [0.717, 1.165) is 22.8 Å². The van der Waals surface area contributed by atoms with Crippen LogP contribution in [0.3, 0.4) is 0 Å². The summed E-state index contributed by atoms with van der Waals surface area (Å²) in [6.45, 7) is 0. The van der Waals surface area contributed by atoms with Gasteiger partial charge in [0, 0.05) is 11.1 Å². The molecule has 0 saturated carbocycles. The highest BCUT2D eigenvalue weighted by Gasteiger charge is 2.10. The molecular weight excluding hydrogens is 224 g/mol. The van der Waals surface area contributed by atoms with Crippen molar-refractivity contribution in [1.29, 1.82) is 0 Å². The van der Waals surface area contributed by atoms with Crippen molar-refractivity contribution in [3.8, 4) is 0 Å². The predicted molar refractivity (Wildman–Crippen MR) is 72.2 cm³/mol. The number of hydrazine groups is 1. The molecule has 0 radical (unpaired) electrons. The zero-order valence-electron chi connectivity index (χ0n) is 9.67. The molecule has 1 aliphatic rings. The van der Waals surface area contributed by atoms with Gasteiger partial charge in [0.1, 0.15) is 0 Å². The van der Waals surface area contributed by atoms with Gasteiger partial charge in [0.25, 0.3) is 0 Å². The third kappa shape index (κ3) is 2.08. The van der Waals surface area contributed by atoms with Gasteiger partial charge in [-0.1, -0.05) is 60.7 Å². The Morgan fingerprint density at radius 1 is 0.556 bits per heavy atom. The molecule has 3 rings (SSSR count). The second-order valence-corrected chi connectivity index (χ2v) is 3.88. The average Bonchev–Trinajstić information content (AvgIpc) is 2.49. The summed E-state index contributed by atoms with van der Waals surface area (Å²) in [4.78, 5) is 0. The molecule has 0 aromatic heterocycles. The van der Waals surface area contributed by atoms with E-state index >= 15 is 0 Å². The SMILES string of the molecule is c1ccc(C2=NN=C(c3ccccc3)NN2)cc1. The highest BCUT2D eigenvalue weighted by Crippen LogP contribution is 2.05. The Labute approximate surface area is 105 Å². The van der Waals surface area contributed by atoms with Gasteiger partial charge in [-0.3, -0.25) is 10.9 Å². The highest BCUT2D eigenvalue weighted by molar-refractivity contribution is 6.06. The lowest BCUT2D eigenvalue weighted by molar-refractivity contribution is 0.826. The Bertz CT molecular complexity index is 532. The van der Waals surface area contributed by atoms with E-state index in [9.17, 15) is 0 Å². The normalized spacial score (nSPS) is 14.0. The second-order valence-electron chi connectivity index (χ2n) is 3.88. The van der Waals surface area contributed by atoms with Crippen LogP contribution in [0.1, 0.15) is 11.1 Å². The molecular formula is C14H12N4. The van der Waals surface area contributed by atoms with Crippen LogP contribution in [0.2, 0.25) is 0 Å². The van der Waals surface area contributed by atoms with Crippen LogP contribution in [0, 0.1) is 0 Å². The number of nitrogens with zero attached hydrogens (tertiary/aromatic N) is 2. The van der Waals surface area contributed by atoms with E-state index in [4.69, 9.17) is 0 Å². The Kier molecular flexibility index (Phi) is 2.75. The molecule has 18 heavy (non-hydrogen) atoms. The molecule has 4 heteroatoms. The molecule has 0 atom stereocenters. The van der Waals surface area contributed by atoms with Crippen molar-refractivity contribution >= 4 is 11.7 Å². The van der Waals surface area contributed by atoms with Crippen molar-refractivity contribution in [2.75, 3.05) is 0 Å². The molecule has 2 N–H and O–H groups in total. The average molecular weight is 236 g/mol. The first-order valence-corrected chi connectivity index (χ1v) is 5.72. The van der Waals surface area contributed by atoms with Crippen molar-refractivity contribution < 1.29 is 0 Å². The number of rotatable bonds is 2. The Hall–Kier alpha value is -2.62. The Balaban J connectivity index is 1.88. The molecule has 0 aliphatic carbocycles. The molecule has 2 aromatic carbocycles. The molecule has 1 aliphatic heterocycles. The van der Waals surface area contributed by atoms with Gasteiger partial charge in [-0.2, -0.15) is 0 Å². The molecule has 0 fully saturated rings. The maximum absolute atomic E-state index is 4.19. The van der Waals surface area contributed by atoms with Gasteiger partial charge in [0.05, 0.1) is 0 Å². The van der Waals surface area contributed by atoms with Crippen LogP contribution in [-0.2, 0) is 0 Å². The van der Waals surface area contributed by atoms with E-state index in [1.807, 2.05) is 60.7 Å². The van der Waals surface area contributed by atoms with Crippen LogP contribution in [0.15, 0.2) is 70.9 Å². The lowest BCUT2D eigenvalue weighted by Gasteiger charge is -2.16. The summed E-state index contributed by atoms with van der Waals surface area (Å²) in [5, 5.41) is 8.38. The fraction of sp³-hybridized carbons (Fsp3) is 0. The molecule has 0 unspecified atom stereocenters. The zero-order valence-corrected chi connectivity index (χ0v) is 9.67. The summed E-state index contributed by atoms with van der Waals surface area (Å²) in [5.41, 5.74) is 8.11. The minimum Gasteiger partial charge on any atom is -0.281 e. The lowest BCUT2D eigenvalue weighted by Crippen LogP contribution is -2.44. The van der Waals surface area contributed by atoms with Crippen LogP contribution in [-0.4, -0.2) is 11.7 Å². The first-order chi connectivity index (χ1) is 8.93. The first kappa shape index (κ1) is 10.5. The number of nitrogens with one attached hydrogen (secondary N) is 2. The molecule has 0 spiro atoms. The second kappa shape index (κ2) is 4.71. The molecule has 0 saturated heterocycles. The molecule has 0 amide bonds. The first-order valence-electron chi connectivity index (χ1n) is 5.72. The molecule has 88 valence electrons. The van der Waals surface area contributed by atoms with Crippen molar-refractivity contribution in [2.45, 2.75) is 0 Å². The fourth-order valence-corrected chi connectivity index (χ4v) is 1.72. The summed E-state index contributed by atoms with van der Waals surface area (Å²) < 4.78 is 0. The van der Waals surface area contributed by atoms with Crippen LogP contribution in [0.25, 0.3) is 0 Å². The van der Waals surface area contributed by atoms with Crippen molar-refractivity contribution in [1.82, 2.24) is 10.9 Å². The van der Waals surface area contributed by atoms with Crippen LogP contribution in [0.5, 0.6) is 0 Å². The topological polar surface area (TPSA) is 48.8 Å².